The number of aromatic nitrogens is 2. The Morgan fingerprint density at radius 3 is 2.47 bits per heavy atom. The fourth-order valence-electron chi connectivity index (χ4n) is 2.90. The zero-order chi connectivity index (χ0) is 22.6. The molecule has 0 spiro atoms. The molecule has 0 fully saturated rings. The molecule has 0 unspecified atom stereocenters. The maximum absolute atomic E-state index is 14.2. The van der Waals surface area contributed by atoms with E-state index in [2.05, 4.69) is 20.0 Å². The third-order valence-electron chi connectivity index (χ3n) is 4.28. The van der Waals surface area contributed by atoms with Gasteiger partial charge in [-0.05, 0) is 23.1 Å². The predicted octanol–water partition coefficient (Wildman–Crippen LogP) is 3.14. The van der Waals surface area contributed by atoms with E-state index in [9.17, 15) is 22.8 Å². The van der Waals surface area contributed by atoms with Crippen molar-refractivity contribution < 1.29 is 22.7 Å². The number of Topliss-reactive ketones (excluding diaryl/α,β-unsaturated/α-hetero) is 1. The Morgan fingerprint density at radius 1 is 1.27 bits per heavy atom. The summed E-state index contributed by atoms with van der Waals surface area (Å²) in [5, 5.41) is 3.06. The second-order valence-corrected chi connectivity index (χ2v) is 8.02. The van der Waals surface area contributed by atoms with Crippen LogP contribution in [0.15, 0.2) is 29.1 Å². The number of anilines is 1. The summed E-state index contributed by atoms with van der Waals surface area (Å²) in [6, 6.07) is 4.30. The Balaban J connectivity index is 2.23. The van der Waals surface area contributed by atoms with E-state index in [0.29, 0.717) is 5.56 Å². The summed E-state index contributed by atoms with van der Waals surface area (Å²) < 4.78 is 43.0. The minimum atomic E-state index is -3.13. The van der Waals surface area contributed by atoms with Gasteiger partial charge in [-0.1, -0.05) is 26.8 Å². The number of halogens is 3. The monoisotopic (exact) mass is 426 g/mol. The van der Waals surface area contributed by atoms with Crippen LogP contribution in [0.3, 0.4) is 0 Å². The number of H-pyrrole nitrogens is 1. The van der Waals surface area contributed by atoms with Crippen LogP contribution in [0.5, 0.6) is 5.75 Å². The van der Waals surface area contributed by atoms with Crippen LogP contribution in [0.4, 0.5) is 19.1 Å². The van der Waals surface area contributed by atoms with Crippen LogP contribution < -0.4 is 20.5 Å². The van der Waals surface area contributed by atoms with Crippen LogP contribution in [-0.2, 0) is 0 Å². The van der Waals surface area contributed by atoms with Crippen molar-refractivity contribution in [2.75, 3.05) is 25.5 Å². The van der Waals surface area contributed by atoms with Gasteiger partial charge < -0.3 is 15.0 Å². The highest BCUT2D eigenvalue weighted by molar-refractivity contribution is 5.96. The van der Waals surface area contributed by atoms with Gasteiger partial charge in [-0.25, -0.2) is 9.37 Å². The minimum absolute atomic E-state index is 0.00512. The molecule has 0 saturated heterocycles. The maximum atomic E-state index is 14.2. The zero-order valence-corrected chi connectivity index (χ0v) is 17.4. The van der Waals surface area contributed by atoms with Crippen LogP contribution in [0.2, 0.25) is 0 Å². The summed E-state index contributed by atoms with van der Waals surface area (Å²) in [5.41, 5.74) is -0.452. The lowest BCUT2D eigenvalue weighted by Gasteiger charge is -2.32. The number of aromatic amines is 1. The molecular weight excluding hydrogens is 401 g/mol. The van der Waals surface area contributed by atoms with Crippen molar-refractivity contribution in [1.82, 2.24) is 15.3 Å². The first-order valence-corrected chi connectivity index (χ1v) is 9.18. The Kier molecular flexibility index (Phi) is 7.25. The predicted molar refractivity (Wildman–Crippen MR) is 107 cm³/mol. The maximum Gasteiger partial charge on any atom is 0.387 e. The Bertz CT molecular complexity index is 955. The highest BCUT2D eigenvalue weighted by Crippen LogP contribution is 2.34. The van der Waals surface area contributed by atoms with E-state index in [-0.39, 0.29) is 18.2 Å². The topological polar surface area (TPSA) is 87.3 Å². The first kappa shape index (κ1) is 23.4. The molecule has 30 heavy (non-hydrogen) atoms. The van der Waals surface area contributed by atoms with Crippen molar-refractivity contribution in [2.45, 2.75) is 33.4 Å². The molecule has 0 bridgehead atoms. The number of carbonyl (C=O) groups is 1. The number of alkyl halides is 2. The third kappa shape index (κ3) is 6.06. The van der Waals surface area contributed by atoms with Gasteiger partial charge in [-0.2, -0.15) is 8.78 Å². The van der Waals surface area contributed by atoms with Gasteiger partial charge in [-0.3, -0.25) is 14.6 Å². The van der Waals surface area contributed by atoms with E-state index in [1.807, 2.05) is 20.8 Å². The summed E-state index contributed by atoms with van der Waals surface area (Å²) in [6.07, 6.45) is 0. The molecule has 1 aromatic heterocycles. The fraction of sp³-hybridized carbons (Fsp3) is 0.450. The Labute approximate surface area is 172 Å². The van der Waals surface area contributed by atoms with Gasteiger partial charge >= 0.3 is 6.61 Å². The summed E-state index contributed by atoms with van der Waals surface area (Å²) in [6.45, 7) is 2.35. The molecule has 1 atom stereocenters. The number of benzene rings is 1. The molecule has 2 N–H and O–H groups in total. The number of rotatable bonds is 8. The number of ketones is 1. The lowest BCUT2D eigenvalue weighted by Crippen LogP contribution is -2.36. The van der Waals surface area contributed by atoms with E-state index in [0.717, 1.165) is 18.2 Å². The first-order chi connectivity index (χ1) is 13.9. The van der Waals surface area contributed by atoms with E-state index in [1.54, 1.807) is 19.0 Å². The molecular formula is C20H25F3N4O3. The van der Waals surface area contributed by atoms with Gasteiger partial charge in [0.25, 0.3) is 5.56 Å². The molecule has 1 heterocycles. The van der Waals surface area contributed by atoms with Crippen molar-refractivity contribution in [3.05, 3.63) is 51.7 Å². The summed E-state index contributed by atoms with van der Waals surface area (Å²) >= 11 is 0. The van der Waals surface area contributed by atoms with Crippen molar-refractivity contribution >= 4 is 11.7 Å². The number of hydrogen-bond acceptors (Lipinski definition) is 6. The average Bonchev–Trinajstić information content (AvgIpc) is 2.61. The van der Waals surface area contributed by atoms with E-state index >= 15 is 0 Å². The molecule has 0 aliphatic carbocycles. The third-order valence-corrected chi connectivity index (χ3v) is 4.28. The number of nitrogens with zero attached hydrogens (tertiary/aromatic N) is 2. The quantitative estimate of drug-likeness (QED) is 0.631. The highest BCUT2D eigenvalue weighted by atomic mass is 19.3. The van der Waals surface area contributed by atoms with E-state index < -0.39 is 41.0 Å². The van der Waals surface area contributed by atoms with Crippen LogP contribution in [0, 0.1) is 11.2 Å². The van der Waals surface area contributed by atoms with E-state index in [4.69, 9.17) is 0 Å². The van der Waals surface area contributed by atoms with Crippen LogP contribution in [0.1, 0.15) is 42.9 Å². The van der Waals surface area contributed by atoms with Gasteiger partial charge in [-0.15, -0.1) is 0 Å². The average molecular weight is 426 g/mol. The van der Waals surface area contributed by atoms with Crippen molar-refractivity contribution in [2.24, 2.45) is 5.41 Å². The molecule has 0 aliphatic rings. The van der Waals surface area contributed by atoms with Gasteiger partial charge in [0.1, 0.15) is 5.69 Å². The molecule has 0 amide bonds. The standard InChI is InChI=1S/C20H25F3N4O3/c1-20(2,3)17(11-6-7-15(12(21)8-11)30-18(22)23)24-10-14(28)13-9-16(29)26-19(25-13)27(4)5/h6-9,17-18,24H,10H2,1-5H3,(H,25,26,29)/t17-/m0/s1. The smallest absolute Gasteiger partial charge is 0.387 e. The molecule has 1 aromatic carbocycles. The molecule has 0 saturated carbocycles. The Morgan fingerprint density at radius 2 is 1.93 bits per heavy atom. The molecule has 0 radical (unpaired) electrons. The van der Waals surface area contributed by atoms with Crippen LogP contribution in [0.25, 0.3) is 0 Å². The molecule has 2 rings (SSSR count). The first-order valence-electron chi connectivity index (χ1n) is 9.18. The van der Waals surface area contributed by atoms with Crippen molar-refractivity contribution in [1.29, 1.82) is 0 Å². The van der Waals surface area contributed by atoms with E-state index in [1.165, 1.54) is 6.07 Å². The van der Waals surface area contributed by atoms with Gasteiger partial charge in [0.05, 0.1) is 6.54 Å². The summed E-state index contributed by atoms with van der Waals surface area (Å²) in [4.78, 5) is 32.6. The largest absolute Gasteiger partial charge is 0.432 e. The minimum Gasteiger partial charge on any atom is -0.432 e. The normalized spacial score (nSPS) is 12.7. The molecule has 2 aromatic rings. The highest BCUT2D eigenvalue weighted by Gasteiger charge is 2.28. The van der Waals surface area contributed by atoms with Crippen molar-refractivity contribution in [3.63, 3.8) is 0 Å². The van der Waals surface area contributed by atoms with Crippen molar-refractivity contribution in [3.8, 4) is 5.75 Å². The van der Waals surface area contributed by atoms with Gasteiger partial charge in [0.15, 0.2) is 17.3 Å². The molecule has 0 aliphatic heterocycles. The number of ether oxygens (including phenoxy) is 1. The summed E-state index contributed by atoms with van der Waals surface area (Å²) in [5.74, 6) is -1.66. The number of nitrogens with one attached hydrogen (secondary N) is 2. The second-order valence-electron chi connectivity index (χ2n) is 8.02. The SMILES string of the molecule is CN(C)c1nc(C(=O)CN[C@@H](c2ccc(OC(F)F)c(F)c2)C(C)(C)C)cc(=O)[nH]1. The fourth-order valence-corrected chi connectivity index (χ4v) is 2.90. The van der Waals surface area contributed by atoms with Crippen LogP contribution >= 0.6 is 0 Å². The lowest BCUT2D eigenvalue weighted by atomic mass is 9.82. The molecule has 164 valence electrons. The molecule has 7 nitrogen and oxygen atoms in total. The van der Waals surface area contributed by atoms with Gasteiger partial charge in [0.2, 0.25) is 5.95 Å². The summed E-state index contributed by atoms with van der Waals surface area (Å²) in [7, 11) is 3.35. The number of carbonyl (C=O) groups excluding carboxylic acids is 1. The molecule has 10 heteroatoms. The zero-order valence-electron chi connectivity index (χ0n) is 17.4. The van der Waals surface area contributed by atoms with Crippen LogP contribution in [-0.4, -0.2) is 43.0 Å². The van der Waals surface area contributed by atoms with Gasteiger partial charge in [0, 0.05) is 26.2 Å². The Hall–Kier alpha value is -2.88. The number of hydrogen-bond donors (Lipinski definition) is 2. The lowest BCUT2D eigenvalue weighted by molar-refractivity contribution is -0.0522. The second kappa shape index (κ2) is 9.29.